The molecule has 21 heavy (non-hydrogen) atoms. The van der Waals surface area contributed by atoms with Gasteiger partial charge in [0.15, 0.2) is 0 Å². The molecule has 114 valence electrons. The molecule has 0 aliphatic rings. The van der Waals surface area contributed by atoms with Crippen LogP contribution in [-0.2, 0) is 6.42 Å². The van der Waals surface area contributed by atoms with E-state index < -0.39 is 0 Å². The fourth-order valence-electron chi connectivity index (χ4n) is 2.41. The number of anilines is 1. The van der Waals surface area contributed by atoms with E-state index in [0.29, 0.717) is 15.6 Å². The van der Waals surface area contributed by atoms with Crippen molar-refractivity contribution < 1.29 is 4.52 Å². The Morgan fingerprint density at radius 2 is 1.71 bits per heavy atom. The van der Waals surface area contributed by atoms with Gasteiger partial charge in [-0.2, -0.15) is 0 Å². The van der Waals surface area contributed by atoms with Crippen LogP contribution in [0.1, 0.15) is 44.7 Å². The highest BCUT2D eigenvalue weighted by Crippen LogP contribution is 2.40. The van der Waals surface area contributed by atoms with Gasteiger partial charge in [0.05, 0.1) is 21.3 Å². The molecule has 0 atom stereocenters. The predicted octanol–water partition coefficient (Wildman–Crippen LogP) is 5.74. The lowest BCUT2D eigenvalue weighted by molar-refractivity contribution is 0.426. The van der Waals surface area contributed by atoms with Crippen LogP contribution in [0.5, 0.6) is 0 Å². The van der Waals surface area contributed by atoms with Crippen molar-refractivity contribution >= 4 is 29.1 Å². The number of nitrogen functional groups attached to an aromatic ring is 1. The first-order valence-electron chi connectivity index (χ1n) is 7.33. The Balaban J connectivity index is 2.19. The Kier molecular flexibility index (Phi) is 5.95. The van der Waals surface area contributed by atoms with Crippen molar-refractivity contribution in [1.82, 2.24) is 5.16 Å². The molecule has 2 aromatic rings. The van der Waals surface area contributed by atoms with E-state index >= 15 is 0 Å². The van der Waals surface area contributed by atoms with Crippen molar-refractivity contribution in [1.29, 1.82) is 0 Å². The molecule has 1 heterocycles. The van der Waals surface area contributed by atoms with Gasteiger partial charge in [0.2, 0.25) is 5.88 Å². The fraction of sp³-hybridized carbons (Fsp3) is 0.438. The summed E-state index contributed by atoms with van der Waals surface area (Å²) in [6.45, 7) is 2.20. The zero-order valence-corrected chi connectivity index (χ0v) is 13.7. The molecule has 0 saturated carbocycles. The molecular weight excluding hydrogens is 307 g/mol. The number of halogens is 2. The SMILES string of the molecule is CCCCCCCc1noc(N)c1-c1c(Cl)cccc1Cl. The summed E-state index contributed by atoms with van der Waals surface area (Å²) in [6.07, 6.45) is 6.80. The lowest BCUT2D eigenvalue weighted by atomic mass is 10.0. The third-order valence-corrected chi connectivity index (χ3v) is 4.15. The summed E-state index contributed by atoms with van der Waals surface area (Å²) in [5.74, 6) is 0.272. The number of hydrogen-bond acceptors (Lipinski definition) is 3. The lowest BCUT2D eigenvalue weighted by Gasteiger charge is -2.07. The normalized spacial score (nSPS) is 11.0. The minimum atomic E-state index is 0.272. The zero-order valence-electron chi connectivity index (χ0n) is 12.2. The standard InChI is InChI=1S/C16H20Cl2N2O/c1-2-3-4-5-6-10-13-15(16(19)21-20-13)14-11(17)8-7-9-12(14)18/h7-9H,2-6,10,19H2,1H3. The Morgan fingerprint density at radius 3 is 2.38 bits per heavy atom. The molecule has 2 rings (SSSR count). The van der Waals surface area contributed by atoms with E-state index in [1.165, 1.54) is 25.7 Å². The molecule has 1 aromatic heterocycles. The van der Waals surface area contributed by atoms with Crippen LogP contribution in [0, 0.1) is 0 Å². The molecule has 0 amide bonds. The second-order valence-electron chi connectivity index (χ2n) is 5.13. The number of aryl methyl sites for hydroxylation is 1. The summed E-state index contributed by atoms with van der Waals surface area (Å²) in [7, 11) is 0. The maximum absolute atomic E-state index is 6.26. The van der Waals surface area contributed by atoms with Gasteiger partial charge in [-0.15, -0.1) is 0 Å². The van der Waals surface area contributed by atoms with E-state index in [1.807, 2.05) is 6.07 Å². The lowest BCUT2D eigenvalue weighted by Crippen LogP contribution is -1.93. The zero-order chi connectivity index (χ0) is 15.2. The van der Waals surface area contributed by atoms with E-state index in [4.69, 9.17) is 33.5 Å². The third kappa shape index (κ3) is 3.92. The van der Waals surface area contributed by atoms with Gasteiger partial charge in [0, 0.05) is 5.56 Å². The van der Waals surface area contributed by atoms with Crippen LogP contribution in [-0.4, -0.2) is 5.16 Å². The Bertz CT molecular complexity index is 576. The quantitative estimate of drug-likeness (QED) is 0.659. The highest BCUT2D eigenvalue weighted by Gasteiger charge is 2.20. The van der Waals surface area contributed by atoms with Crippen molar-refractivity contribution in [3.05, 3.63) is 33.9 Å². The van der Waals surface area contributed by atoms with Gasteiger partial charge >= 0.3 is 0 Å². The Labute approximate surface area is 135 Å². The molecule has 0 aliphatic heterocycles. The molecule has 0 spiro atoms. The third-order valence-electron chi connectivity index (χ3n) is 3.52. The molecule has 1 aromatic carbocycles. The van der Waals surface area contributed by atoms with E-state index in [2.05, 4.69) is 12.1 Å². The van der Waals surface area contributed by atoms with Crippen LogP contribution in [0.15, 0.2) is 22.7 Å². The molecule has 0 unspecified atom stereocenters. The second-order valence-corrected chi connectivity index (χ2v) is 5.94. The van der Waals surface area contributed by atoms with Crippen LogP contribution >= 0.6 is 23.2 Å². The van der Waals surface area contributed by atoms with Gasteiger partial charge in [-0.3, -0.25) is 0 Å². The largest absolute Gasteiger partial charge is 0.367 e. The first-order chi connectivity index (χ1) is 10.1. The van der Waals surface area contributed by atoms with E-state index in [1.54, 1.807) is 12.1 Å². The first-order valence-corrected chi connectivity index (χ1v) is 8.09. The van der Waals surface area contributed by atoms with Gasteiger partial charge in [-0.05, 0) is 25.0 Å². The predicted molar refractivity (Wildman–Crippen MR) is 88.8 cm³/mol. The number of unbranched alkanes of at least 4 members (excludes halogenated alkanes) is 4. The molecule has 0 fully saturated rings. The number of nitrogens with two attached hydrogens (primary N) is 1. The van der Waals surface area contributed by atoms with Gasteiger partial charge in [0.1, 0.15) is 0 Å². The number of aromatic nitrogens is 1. The van der Waals surface area contributed by atoms with Crippen molar-refractivity contribution in [3.63, 3.8) is 0 Å². The summed E-state index contributed by atoms with van der Waals surface area (Å²) in [4.78, 5) is 0. The summed E-state index contributed by atoms with van der Waals surface area (Å²) >= 11 is 12.5. The minimum absolute atomic E-state index is 0.272. The fourth-order valence-corrected chi connectivity index (χ4v) is 2.99. The average molecular weight is 327 g/mol. The Morgan fingerprint density at radius 1 is 1.05 bits per heavy atom. The van der Waals surface area contributed by atoms with Crippen LogP contribution in [0.4, 0.5) is 5.88 Å². The molecule has 3 nitrogen and oxygen atoms in total. The molecule has 0 radical (unpaired) electrons. The van der Waals surface area contributed by atoms with Gasteiger partial charge < -0.3 is 10.3 Å². The van der Waals surface area contributed by atoms with Gasteiger partial charge in [-0.1, -0.05) is 67.0 Å². The molecule has 5 heteroatoms. The highest BCUT2D eigenvalue weighted by atomic mass is 35.5. The molecule has 0 aliphatic carbocycles. The molecule has 0 saturated heterocycles. The van der Waals surface area contributed by atoms with Gasteiger partial charge in [0.25, 0.3) is 0 Å². The minimum Gasteiger partial charge on any atom is -0.367 e. The summed E-state index contributed by atoms with van der Waals surface area (Å²) in [5.41, 5.74) is 8.20. The Hall–Kier alpha value is -1.19. The summed E-state index contributed by atoms with van der Waals surface area (Å²) < 4.78 is 5.15. The van der Waals surface area contributed by atoms with Crippen LogP contribution < -0.4 is 5.73 Å². The average Bonchev–Trinajstić information content (AvgIpc) is 2.80. The van der Waals surface area contributed by atoms with Crippen molar-refractivity contribution in [2.75, 3.05) is 5.73 Å². The van der Waals surface area contributed by atoms with Crippen LogP contribution in [0.3, 0.4) is 0 Å². The van der Waals surface area contributed by atoms with E-state index in [0.717, 1.165) is 24.1 Å². The van der Waals surface area contributed by atoms with Gasteiger partial charge in [-0.25, -0.2) is 0 Å². The molecular formula is C16H20Cl2N2O. The second kappa shape index (κ2) is 7.71. The van der Waals surface area contributed by atoms with Crippen molar-refractivity contribution in [3.8, 4) is 11.1 Å². The number of hydrogen-bond donors (Lipinski definition) is 1. The molecule has 2 N–H and O–H groups in total. The number of benzene rings is 1. The van der Waals surface area contributed by atoms with Crippen molar-refractivity contribution in [2.45, 2.75) is 45.4 Å². The smallest absolute Gasteiger partial charge is 0.230 e. The van der Waals surface area contributed by atoms with E-state index in [-0.39, 0.29) is 5.88 Å². The summed E-state index contributed by atoms with van der Waals surface area (Å²) in [5, 5.41) is 5.19. The van der Waals surface area contributed by atoms with E-state index in [9.17, 15) is 0 Å². The topological polar surface area (TPSA) is 52.0 Å². The number of nitrogens with zero attached hydrogens (tertiary/aromatic N) is 1. The first kappa shape index (κ1) is 16.2. The highest BCUT2D eigenvalue weighted by molar-refractivity contribution is 6.39. The van der Waals surface area contributed by atoms with Crippen molar-refractivity contribution in [2.24, 2.45) is 0 Å². The monoisotopic (exact) mass is 326 g/mol. The molecule has 0 bridgehead atoms. The summed E-state index contributed by atoms with van der Waals surface area (Å²) in [6, 6.07) is 5.39. The maximum Gasteiger partial charge on any atom is 0.230 e. The maximum atomic E-state index is 6.26. The van der Waals surface area contributed by atoms with Crippen LogP contribution in [0.25, 0.3) is 11.1 Å². The number of rotatable bonds is 7. The van der Waals surface area contributed by atoms with Crippen LogP contribution in [0.2, 0.25) is 10.0 Å².